The van der Waals surface area contributed by atoms with Gasteiger partial charge in [-0.1, -0.05) is 13.8 Å². The Labute approximate surface area is 114 Å². The molecule has 1 saturated heterocycles. The summed E-state index contributed by atoms with van der Waals surface area (Å²) in [5, 5.41) is 0. The number of carbonyl (C=O) groups excluding carboxylic acids is 2. The second-order valence-electron chi connectivity index (χ2n) is 4.93. The summed E-state index contributed by atoms with van der Waals surface area (Å²) in [4.78, 5) is 26.4. The highest BCUT2D eigenvalue weighted by Crippen LogP contribution is 2.22. The molecule has 0 aromatic heterocycles. The summed E-state index contributed by atoms with van der Waals surface area (Å²) in [5.41, 5.74) is 0. The van der Waals surface area contributed by atoms with Gasteiger partial charge in [-0.15, -0.1) is 0 Å². The zero-order valence-corrected chi connectivity index (χ0v) is 12.7. The van der Waals surface area contributed by atoms with E-state index in [9.17, 15) is 18.0 Å². The molecule has 0 bridgehead atoms. The molecule has 0 unspecified atom stereocenters. The van der Waals surface area contributed by atoms with Gasteiger partial charge in [-0.3, -0.25) is 9.59 Å². The Morgan fingerprint density at radius 2 is 1.26 bits per heavy atom. The van der Waals surface area contributed by atoms with Gasteiger partial charge in [0.15, 0.2) is 9.84 Å². The first kappa shape index (κ1) is 15.9. The average Bonchev–Trinajstić information content (AvgIpc) is 2.70. The molecule has 0 radical (unpaired) electrons. The number of hydrogen-bond donors (Lipinski definition) is 0. The maximum Gasteiger partial charge on any atom is 0.222 e. The van der Waals surface area contributed by atoms with E-state index < -0.39 is 21.9 Å². The lowest BCUT2D eigenvalue weighted by molar-refractivity contribution is -0.137. The van der Waals surface area contributed by atoms with Gasteiger partial charge in [-0.25, -0.2) is 8.42 Å². The zero-order chi connectivity index (χ0) is 14.8. The Balaban J connectivity index is 2.99. The van der Waals surface area contributed by atoms with E-state index in [1.807, 2.05) is 0 Å². The van der Waals surface area contributed by atoms with Crippen molar-refractivity contribution in [3.05, 3.63) is 0 Å². The fourth-order valence-corrected chi connectivity index (χ4v) is 4.49. The number of sulfone groups is 1. The van der Waals surface area contributed by atoms with Crippen molar-refractivity contribution in [2.45, 2.75) is 38.8 Å². The number of likely N-dealkylation sites (N-methyl/N-ethyl adjacent to an activating group) is 2. The van der Waals surface area contributed by atoms with Crippen molar-refractivity contribution in [2.24, 2.45) is 0 Å². The molecule has 1 rings (SSSR count). The predicted octanol–water partition coefficient (Wildman–Crippen LogP) is -0.111. The van der Waals surface area contributed by atoms with Crippen molar-refractivity contribution in [1.82, 2.24) is 9.80 Å². The molecule has 1 heterocycles. The Kier molecular flexibility index (Phi) is 4.95. The van der Waals surface area contributed by atoms with Crippen molar-refractivity contribution < 1.29 is 18.0 Å². The van der Waals surface area contributed by atoms with Gasteiger partial charge >= 0.3 is 0 Å². The van der Waals surface area contributed by atoms with Gasteiger partial charge in [0.05, 0.1) is 23.6 Å². The van der Waals surface area contributed by atoms with E-state index in [-0.39, 0.29) is 23.3 Å². The van der Waals surface area contributed by atoms with Gasteiger partial charge in [0, 0.05) is 26.9 Å². The van der Waals surface area contributed by atoms with Gasteiger partial charge in [0.25, 0.3) is 0 Å². The molecule has 0 saturated carbocycles. The summed E-state index contributed by atoms with van der Waals surface area (Å²) >= 11 is 0. The number of nitrogens with zero attached hydrogens (tertiary/aromatic N) is 2. The van der Waals surface area contributed by atoms with E-state index in [0.717, 1.165) is 0 Å². The van der Waals surface area contributed by atoms with Crippen molar-refractivity contribution in [3.63, 3.8) is 0 Å². The van der Waals surface area contributed by atoms with Gasteiger partial charge in [0.1, 0.15) is 0 Å². The van der Waals surface area contributed by atoms with Crippen LogP contribution in [-0.4, -0.2) is 67.7 Å². The van der Waals surface area contributed by atoms with E-state index in [2.05, 4.69) is 0 Å². The monoisotopic (exact) mass is 290 g/mol. The molecule has 1 aliphatic rings. The minimum Gasteiger partial charge on any atom is -0.340 e. The fraction of sp³-hybridized carbons (Fsp3) is 0.833. The summed E-state index contributed by atoms with van der Waals surface area (Å²) in [6, 6.07) is -0.893. The topological polar surface area (TPSA) is 74.8 Å². The van der Waals surface area contributed by atoms with Crippen molar-refractivity contribution in [1.29, 1.82) is 0 Å². The van der Waals surface area contributed by atoms with E-state index in [1.54, 1.807) is 27.9 Å². The number of rotatable bonds is 4. The summed E-state index contributed by atoms with van der Waals surface area (Å²) < 4.78 is 23.6. The standard InChI is InChI=1S/C12H22N2O4S/c1-5-11(15)13(3)9-7-19(17,18)8-10(9)14(4)12(16)6-2/h9-10H,5-8H2,1-4H3/t9-,10-/m0/s1. The minimum absolute atomic E-state index is 0.0682. The Morgan fingerprint density at radius 1 is 0.947 bits per heavy atom. The third-order valence-corrected chi connectivity index (χ3v) is 5.38. The highest BCUT2D eigenvalue weighted by molar-refractivity contribution is 7.91. The van der Waals surface area contributed by atoms with Crippen molar-refractivity contribution >= 4 is 21.7 Å². The van der Waals surface area contributed by atoms with Crippen LogP contribution in [-0.2, 0) is 19.4 Å². The summed E-state index contributed by atoms with van der Waals surface area (Å²) in [5.74, 6) is -0.350. The molecule has 0 aromatic rings. The van der Waals surface area contributed by atoms with E-state index in [0.29, 0.717) is 12.8 Å². The average molecular weight is 290 g/mol. The molecule has 2 atom stereocenters. The molecule has 19 heavy (non-hydrogen) atoms. The van der Waals surface area contributed by atoms with Crippen LogP contribution in [0, 0.1) is 0 Å². The molecular formula is C12H22N2O4S. The molecule has 0 aliphatic carbocycles. The predicted molar refractivity (Wildman–Crippen MR) is 72.4 cm³/mol. The lowest BCUT2D eigenvalue weighted by atomic mass is 10.1. The molecular weight excluding hydrogens is 268 g/mol. The number of carbonyl (C=O) groups is 2. The second-order valence-corrected chi connectivity index (χ2v) is 7.08. The Morgan fingerprint density at radius 3 is 1.53 bits per heavy atom. The van der Waals surface area contributed by atoms with Crippen LogP contribution in [0.4, 0.5) is 0 Å². The molecule has 0 spiro atoms. The summed E-state index contributed by atoms with van der Waals surface area (Å²) in [7, 11) is 0.00558. The minimum atomic E-state index is -3.21. The molecule has 7 heteroatoms. The quantitative estimate of drug-likeness (QED) is 0.724. The maximum absolute atomic E-state index is 11.8. The number of amides is 2. The largest absolute Gasteiger partial charge is 0.340 e. The van der Waals surface area contributed by atoms with Crippen LogP contribution in [0.2, 0.25) is 0 Å². The first-order chi connectivity index (χ1) is 8.73. The molecule has 1 fully saturated rings. The van der Waals surface area contributed by atoms with Crippen molar-refractivity contribution in [3.8, 4) is 0 Å². The van der Waals surface area contributed by atoms with Crippen LogP contribution >= 0.6 is 0 Å². The van der Waals surface area contributed by atoms with Crippen LogP contribution in [0.3, 0.4) is 0 Å². The van der Waals surface area contributed by atoms with Gasteiger partial charge in [-0.2, -0.15) is 0 Å². The Bertz CT molecular complexity index is 424. The van der Waals surface area contributed by atoms with Gasteiger partial charge in [-0.05, 0) is 0 Å². The molecule has 2 amide bonds. The normalized spacial score (nSPS) is 25.1. The smallest absolute Gasteiger partial charge is 0.222 e. The maximum atomic E-state index is 11.8. The lowest BCUT2D eigenvalue weighted by Crippen LogP contribution is -2.52. The van der Waals surface area contributed by atoms with E-state index in [4.69, 9.17) is 0 Å². The molecule has 110 valence electrons. The van der Waals surface area contributed by atoms with Crippen LogP contribution in [0.5, 0.6) is 0 Å². The lowest BCUT2D eigenvalue weighted by Gasteiger charge is -2.33. The first-order valence-corrected chi connectivity index (χ1v) is 8.27. The summed E-state index contributed by atoms with van der Waals surface area (Å²) in [6.45, 7) is 3.47. The third-order valence-electron chi connectivity index (χ3n) is 3.68. The molecule has 0 N–H and O–H groups in total. The molecule has 6 nitrogen and oxygen atoms in total. The highest BCUT2D eigenvalue weighted by Gasteiger charge is 2.44. The van der Waals surface area contributed by atoms with E-state index >= 15 is 0 Å². The molecule has 1 aliphatic heterocycles. The van der Waals surface area contributed by atoms with Crippen LogP contribution < -0.4 is 0 Å². The van der Waals surface area contributed by atoms with Gasteiger partial charge < -0.3 is 9.80 Å². The van der Waals surface area contributed by atoms with E-state index in [1.165, 1.54) is 9.80 Å². The molecule has 0 aromatic carbocycles. The first-order valence-electron chi connectivity index (χ1n) is 6.45. The van der Waals surface area contributed by atoms with Crippen LogP contribution in [0.1, 0.15) is 26.7 Å². The van der Waals surface area contributed by atoms with Gasteiger partial charge in [0.2, 0.25) is 11.8 Å². The summed E-state index contributed by atoms with van der Waals surface area (Å²) in [6.07, 6.45) is 0.649. The third kappa shape index (κ3) is 3.46. The second kappa shape index (κ2) is 5.90. The van der Waals surface area contributed by atoms with Crippen LogP contribution in [0.15, 0.2) is 0 Å². The SMILES string of the molecule is CCC(=O)N(C)[C@H]1CS(=O)(=O)C[C@@H]1N(C)C(=O)CC. The fourth-order valence-electron chi connectivity index (χ4n) is 2.42. The zero-order valence-electron chi connectivity index (χ0n) is 11.9. The highest BCUT2D eigenvalue weighted by atomic mass is 32.2. The Hall–Kier alpha value is -1.11. The number of hydrogen-bond acceptors (Lipinski definition) is 4. The van der Waals surface area contributed by atoms with Crippen molar-refractivity contribution in [2.75, 3.05) is 25.6 Å². The van der Waals surface area contributed by atoms with Crippen LogP contribution in [0.25, 0.3) is 0 Å².